The first-order valence-electron chi connectivity index (χ1n) is 6.70. The second kappa shape index (κ2) is 6.41. The van der Waals surface area contributed by atoms with Crippen molar-refractivity contribution in [1.82, 2.24) is 20.1 Å². The summed E-state index contributed by atoms with van der Waals surface area (Å²) in [7, 11) is 0. The summed E-state index contributed by atoms with van der Waals surface area (Å²) in [5.74, 6) is -0.169. The molecule has 0 saturated heterocycles. The molecule has 2 heterocycles. The topological polar surface area (TPSA) is 59.8 Å². The average molecular weight is 313 g/mol. The predicted molar refractivity (Wildman–Crippen MR) is 84.0 cm³/mol. The van der Waals surface area contributed by atoms with Gasteiger partial charge in [-0.1, -0.05) is 11.6 Å². The van der Waals surface area contributed by atoms with Crippen molar-refractivity contribution >= 4 is 17.5 Å². The fourth-order valence-electron chi connectivity index (χ4n) is 1.96. The highest BCUT2D eigenvalue weighted by molar-refractivity contribution is 6.30. The van der Waals surface area contributed by atoms with Crippen molar-refractivity contribution in [2.45, 2.75) is 6.54 Å². The summed E-state index contributed by atoms with van der Waals surface area (Å²) in [4.78, 5) is 16.1. The molecule has 0 saturated carbocycles. The molecule has 0 aliphatic carbocycles. The number of rotatable bonds is 4. The van der Waals surface area contributed by atoms with E-state index in [1.807, 2.05) is 24.3 Å². The second-order valence-corrected chi connectivity index (χ2v) is 5.12. The van der Waals surface area contributed by atoms with Crippen molar-refractivity contribution in [3.63, 3.8) is 0 Å². The number of amides is 1. The Hall–Kier alpha value is -2.66. The molecule has 5 nitrogen and oxygen atoms in total. The summed E-state index contributed by atoms with van der Waals surface area (Å²) in [6, 6.07) is 11.0. The van der Waals surface area contributed by atoms with Crippen molar-refractivity contribution in [2.24, 2.45) is 0 Å². The van der Waals surface area contributed by atoms with Gasteiger partial charge in [-0.25, -0.2) is 4.68 Å². The molecule has 0 radical (unpaired) electrons. The van der Waals surface area contributed by atoms with Crippen molar-refractivity contribution in [2.75, 3.05) is 0 Å². The molecule has 1 N–H and O–H groups in total. The molecule has 6 heteroatoms. The first-order valence-corrected chi connectivity index (χ1v) is 7.08. The van der Waals surface area contributed by atoms with Crippen LogP contribution in [0.25, 0.3) is 5.69 Å². The zero-order chi connectivity index (χ0) is 15.4. The number of hydrogen-bond acceptors (Lipinski definition) is 3. The highest BCUT2D eigenvalue weighted by atomic mass is 35.5. The fourth-order valence-corrected chi connectivity index (χ4v) is 2.09. The van der Waals surface area contributed by atoms with E-state index in [2.05, 4.69) is 15.4 Å². The molecule has 0 unspecified atom stereocenters. The van der Waals surface area contributed by atoms with Crippen LogP contribution < -0.4 is 5.32 Å². The summed E-state index contributed by atoms with van der Waals surface area (Å²) >= 11 is 5.86. The molecule has 3 rings (SSSR count). The summed E-state index contributed by atoms with van der Waals surface area (Å²) in [6.07, 6.45) is 6.61. The normalized spacial score (nSPS) is 10.4. The molecule has 110 valence electrons. The fraction of sp³-hybridized carbons (Fsp3) is 0.0625. The van der Waals surface area contributed by atoms with Gasteiger partial charge < -0.3 is 5.32 Å². The monoisotopic (exact) mass is 312 g/mol. The third-order valence-corrected chi connectivity index (χ3v) is 3.39. The zero-order valence-corrected chi connectivity index (χ0v) is 12.4. The van der Waals surface area contributed by atoms with Crippen LogP contribution in [-0.2, 0) is 6.54 Å². The van der Waals surface area contributed by atoms with Crippen molar-refractivity contribution in [3.8, 4) is 5.69 Å². The van der Waals surface area contributed by atoms with Gasteiger partial charge in [0.15, 0.2) is 0 Å². The molecule has 22 heavy (non-hydrogen) atoms. The second-order valence-electron chi connectivity index (χ2n) is 4.69. The molecule has 3 aromatic rings. The van der Waals surface area contributed by atoms with E-state index in [0.717, 1.165) is 11.3 Å². The number of halogens is 1. The van der Waals surface area contributed by atoms with Crippen LogP contribution in [0.5, 0.6) is 0 Å². The summed E-state index contributed by atoms with van der Waals surface area (Å²) in [5, 5.41) is 7.70. The van der Waals surface area contributed by atoms with Gasteiger partial charge in [-0.15, -0.1) is 0 Å². The molecule has 0 spiro atoms. The Morgan fingerprint density at radius 1 is 1.14 bits per heavy atom. The van der Waals surface area contributed by atoms with E-state index in [1.54, 1.807) is 35.4 Å². The van der Waals surface area contributed by atoms with Crippen LogP contribution in [0.15, 0.2) is 61.2 Å². The lowest BCUT2D eigenvalue weighted by Crippen LogP contribution is -2.22. The lowest BCUT2D eigenvalue weighted by atomic mass is 10.2. The van der Waals surface area contributed by atoms with Gasteiger partial charge in [0.25, 0.3) is 5.91 Å². The number of nitrogens with one attached hydrogen (secondary N) is 1. The number of carbonyl (C=O) groups is 1. The van der Waals surface area contributed by atoms with E-state index in [0.29, 0.717) is 17.1 Å². The average Bonchev–Trinajstić information content (AvgIpc) is 3.04. The largest absolute Gasteiger partial charge is 0.348 e. The first kappa shape index (κ1) is 14.3. The zero-order valence-electron chi connectivity index (χ0n) is 11.6. The summed E-state index contributed by atoms with van der Waals surface area (Å²) in [6.45, 7) is 0.452. The van der Waals surface area contributed by atoms with E-state index in [1.165, 1.54) is 6.20 Å². The van der Waals surface area contributed by atoms with E-state index < -0.39 is 0 Å². The Balaban J connectivity index is 1.68. The van der Waals surface area contributed by atoms with Crippen LogP contribution in [0.4, 0.5) is 0 Å². The summed E-state index contributed by atoms with van der Waals surface area (Å²) < 4.78 is 1.64. The maximum atomic E-state index is 12.1. The maximum Gasteiger partial charge on any atom is 0.254 e. The van der Waals surface area contributed by atoms with Gasteiger partial charge >= 0.3 is 0 Å². The minimum absolute atomic E-state index is 0.169. The quantitative estimate of drug-likeness (QED) is 0.806. The smallest absolute Gasteiger partial charge is 0.254 e. The van der Waals surface area contributed by atoms with Crippen molar-refractivity contribution in [3.05, 3.63) is 77.3 Å². The minimum atomic E-state index is -0.169. The Morgan fingerprint density at radius 3 is 2.59 bits per heavy atom. The van der Waals surface area contributed by atoms with Crippen LogP contribution in [0.1, 0.15) is 15.9 Å². The van der Waals surface area contributed by atoms with Gasteiger partial charge in [0, 0.05) is 30.2 Å². The number of pyridine rings is 1. The third-order valence-electron chi connectivity index (χ3n) is 3.14. The van der Waals surface area contributed by atoms with E-state index in [-0.39, 0.29) is 5.91 Å². The summed E-state index contributed by atoms with van der Waals surface area (Å²) in [5.41, 5.74) is 2.34. The van der Waals surface area contributed by atoms with Gasteiger partial charge in [0.2, 0.25) is 0 Å². The molecule has 0 bridgehead atoms. The van der Waals surface area contributed by atoms with Crippen LogP contribution in [-0.4, -0.2) is 20.7 Å². The first-order chi connectivity index (χ1) is 10.7. The highest BCUT2D eigenvalue weighted by Gasteiger charge is 2.09. The Morgan fingerprint density at radius 2 is 1.86 bits per heavy atom. The molecule has 2 aromatic heterocycles. The third kappa shape index (κ3) is 3.32. The number of nitrogens with zero attached hydrogens (tertiary/aromatic N) is 3. The van der Waals surface area contributed by atoms with Crippen LogP contribution >= 0.6 is 11.6 Å². The van der Waals surface area contributed by atoms with E-state index in [9.17, 15) is 4.79 Å². The van der Waals surface area contributed by atoms with E-state index >= 15 is 0 Å². The Bertz CT molecular complexity index is 768. The van der Waals surface area contributed by atoms with Gasteiger partial charge in [-0.3, -0.25) is 9.78 Å². The van der Waals surface area contributed by atoms with Crippen LogP contribution in [0, 0.1) is 0 Å². The molecule has 0 aliphatic rings. The molecule has 0 atom stereocenters. The number of hydrogen-bond donors (Lipinski definition) is 1. The molecule has 0 aliphatic heterocycles. The lowest BCUT2D eigenvalue weighted by Gasteiger charge is -2.03. The van der Waals surface area contributed by atoms with Crippen LogP contribution in [0.2, 0.25) is 5.02 Å². The standard InChI is InChI=1S/C16H13ClN4O/c17-14-1-3-15(4-2-14)21-11-13(10-20-21)16(22)19-9-12-5-7-18-8-6-12/h1-8,10-11H,9H2,(H,19,22). The molecular formula is C16H13ClN4O. The predicted octanol–water partition coefficient (Wildman–Crippen LogP) is 2.85. The maximum absolute atomic E-state index is 12.1. The van der Waals surface area contributed by atoms with Crippen LogP contribution in [0.3, 0.4) is 0 Å². The number of aromatic nitrogens is 3. The SMILES string of the molecule is O=C(NCc1ccncc1)c1cnn(-c2ccc(Cl)cc2)c1. The van der Waals surface area contributed by atoms with Gasteiger partial charge in [0.05, 0.1) is 17.4 Å². The molecular weight excluding hydrogens is 300 g/mol. The van der Waals surface area contributed by atoms with Gasteiger partial charge in [-0.05, 0) is 42.0 Å². The van der Waals surface area contributed by atoms with Gasteiger partial charge in [0.1, 0.15) is 0 Å². The van der Waals surface area contributed by atoms with E-state index in [4.69, 9.17) is 11.6 Å². The highest BCUT2D eigenvalue weighted by Crippen LogP contribution is 2.13. The molecule has 1 amide bonds. The number of carbonyl (C=O) groups excluding carboxylic acids is 1. The van der Waals surface area contributed by atoms with Crippen molar-refractivity contribution in [1.29, 1.82) is 0 Å². The molecule has 1 aromatic carbocycles. The van der Waals surface area contributed by atoms with Crippen molar-refractivity contribution < 1.29 is 4.79 Å². The molecule has 0 fully saturated rings. The number of benzene rings is 1. The Kier molecular flexibility index (Phi) is 4.16. The Labute approximate surface area is 132 Å². The minimum Gasteiger partial charge on any atom is -0.348 e. The van der Waals surface area contributed by atoms with Gasteiger partial charge in [-0.2, -0.15) is 5.10 Å². The lowest BCUT2D eigenvalue weighted by molar-refractivity contribution is 0.0951.